The van der Waals surface area contributed by atoms with E-state index in [1.54, 1.807) is 0 Å². The van der Waals surface area contributed by atoms with Gasteiger partial charge < -0.3 is 10.1 Å². The summed E-state index contributed by atoms with van der Waals surface area (Å²) in [5.74, 6) is 1.11. The molecule has 0 amide bonds. The minimum atomic E-state index is 0.102. The maximum Gasteiger partial charge on any atom is 0.128 e. The Hall–Kier alpha value is -1.02. The first-order valence-electron chi connectivity index (χ1n) is 8.19. The van der Waals surface area contributed by atoms with E-state index < -0.39 is 0 Å². The Morgan fingerprint density at radius 2 is 1.76 bits per heavy atom. The number of benzene rings is 1. The Labute approximate surface area is 130 Å². The summed E-state index contributed by atoms with van der Waals surface area (Å²) in [6.07, 6.45) is 1.15. The van der Waals surface area contributed by atoms with E-state index in [-0.39, 0.29) is 10.8 Å². The van der Waals surface area contributed by atoms with Crippen LogP contribution in [0.1, 0.15) is 77.6 Å². The summed E-state index contributed by atoms with van der Waals surface area (Å²) in [5, 5.41) is 3.62. The van der Waals surface area contributed by atoms with Crippen molar-refractivity contribution in [2.75, 3.05) is 13.2 Å². The SMILES string of the molecule is CCCNC1COc2c1cc(C(C)(C)C)cc2C(C)(C)C. The standard InChI is InChI=1S/C19H31NO/c1-8-9-20-16-12-21-17-14(16)10-13(18(2,3)4)11-15(17)19(5,6)7/h10-11,16,20H,8-9,12H2,1-7H3. The average Bonchev–Trinajstić information content (AvgIpc) is 2.75. The third kappa shape index (κ3) is 3.42. The fraction of sp³-hybridized carbons (Fsp3) is 0.684. The van der Waals surface area contributed by atoms with Gasteiger partial charge in [-0.1, -0.05) is 54.5 Å². The maximum atomic E-state index is 6.07. The number of nitrogens with one attached hydrogen (secondary N) is 1. The van der Waals surface area contributed by atoms with Gasteiger partial charge in [0.15, 0.2) is 0 Å². The second-order valence-corrected chi connectivity index (χ2v) is 8.26. The lowest BCUT2D eigenvalue weighted by Gasteiger charge is -2.27. The second-order valence-electron chi connectivity index (χ2n) is 8.26. The quantitative estimate of drug-likeness (QED) is 0.869. The zero-order valence-corrected chi connectivity index (χ0v) is 14.8. The molecule has 0 aromatic heterocycles. The Morgan fingerprint density at radius 1 is 1.10 bits per heavy atom. The molecule has 2 heteroatoms. The Bertz CT molecular complexity index is 506. The molecule has 0 fully saturated rings. The zero-order valence-electron chi connectivity index (χ0n) is 14.8. The normalized spacial score (nSPS) is 18.5. The molecule has 2 rings (SSSR count). The van der Waals surface area contributed by atoms with Gasteiger partial charge in [-0.3, -0.25) is 0 Å². The predicted octanol–water partition coefficient (Wildman–Crippen LogP) is 4.71. The molecule has 118 valence electrons. The number of hydrogen-bond acceptors (Lipinski definition) is 2. The van der Waals surface area contributed by atoms with Gasteiger partial charge in [-0.15, -0.1) is 0 Å². The lowest BCUT2D eigenvalue weighted by molar-refractivity contribution is 0.306. The number of rotatable bonds is 3. The summed E-state index contributed by atoms with van der Waals surface area (Å²) in [5.41, 5.74) is 4.35. The highest BCUT2D eigenvalue weighted by Gasteiger charge is 2.32. The number of fused-ring (bicyclic) bond motifs is 1. The van der Waals surface area contributed by atoms with E-state index in [1.807, 2.05) is 0 Å². The van der Waals surface area contributed by atoms with Crippen molar-refractivity contribution >= 4 is 0 Å². The van der Waals surface area contributed by atoms with Crippen molar-refractivity contribution in [2.24, 2.45) is 0 Å². The number of hydrogen-bond donors (Lipinski definition) is 1. The molecular weight excluding hydrogens is 258 g/mol. The molecule has 0 saturated carbocycles. The molecule has 0 bridgehead atoms. The Balaban J connectivity index is 2.52. The van der Waals surface area contributed by atoms with Gasteiger partial charge in [-0.05, 0) is 35.4 Å². The molecular formula is C19H31NO. The van der Waals surface area contributed by atoms with Crippen LogP contribution < -0.4 is 10.1 Å². The van der Waals surface area contributed by atoms with Crippen LogP contribution in [0.5, 0.6) is 5.75 Å². The van der Waals surface area contributed by atoms with Crippen LogP contribution >= 0.6 is 0 Å². The van der Waals surface area contributed by atoms with Gasteiger partial charge in [0, 0.05) is 11.1 Å². The molecule has 1 aromatic rings. The van der Waals surface area contributed by atoms with Gasteiger partial charge >= 0.3 is 0 Å². The molecule has 21 heavy (non-hydrogen) atoms. The Kier molecular flexibility index (Phi) is 4.39. The van der Waals surface area contributed by atoms with Crippen molar-refractivity contribution in [3.05, 3.63) is 28.8 Å². The summed E-state index contributed by atoms with van der Waals surface area (Å²) in [6.45, 7) is 17.7. The molecule has 1 aliphatic rings. The fourth-order valence-corrected chi connectivity index (χ4v) is 2.81. The smallest absolute Gasteiger partial charge is 0.128 e. The Morgan fingerprint density at radius 3 is 2.29 bits per heavy atom. The van der Waals surface area contributed by atoms with Gasteiger partial charge in [-0.2, -0.15) is 0 Å². The van der Waals surface area contributed by atoms with Crippen LogP contribution in [-0.4, -0.2) is 13.2 Å². The summed E-state index contributed by atoms with van der Waals surface area (Å²) in [6, 6.07) is 5.04. The van der Waals surface area contributed by atoms with Crippen molar-refractivity contribution in [1.29, 1.82) is 0 Å². The van der Waals surface area contributed by atoms with Crippen LogP contribution in [0.15, 0.2) is 12.1 Å². The highest BCUT2D eigenvalue weighted by molar-refractivity contribution is 5.52. The van der Waals surface area contributed by atoms with Gasteiger partial charge in [0.05, 0.1) is 6.04 Å². The first-order chi connectivity index (χ1) is 9.64. The molecule has 0 radical (unpaired) electrons. The van der Waals surface area contributed by atoms with Gasteiger partial charge in [0.2, 0.25) is 0 Å². The van der Waals surface area contributed by atoms with Crippen molar-refractivity contribution in [1.82, 2.24) is 5.32 Å². The van der Waals surface area contributed by atoms with Crippen LogP contribution in [0.3, 0.4) is 0 Å². The van der Waals surface area contributed by atoms with Crippen LogP contribution in [0.4, 0.5) is 0 Å². The topological polar surface area (TPSA) is 21.3 Å². The van der Waals surface area contributed by atoms with E-state index >= 15 is 0 Å². The third-order valence-corrected chi connectivity index (χ3v) is 4.20. The molecule has 1 unspecified atom stereocenters. The van der Waals surface area contributed by atoms with E-state index in [1.165, 1.54) is 16.7 Å². The van der Waals surface area contributed by atoms with Crippen molar-refractivity contribution < 1.29 is 4.74 Å². The van der Waals surface area contributed by atoms with E-state index in [9.17, 15) is 0 Å². The molecule has 1 N–H and O–H groups in total. The monoisotopic (exact) mass is 289 g/mol. The van der Waals surface area contributed by atoms with Crippen molar-refractivity contribution in [3.63, 3.8) is 0 Å². The fourth-order valence-electron chi connectivity index (χ4n) is 2.81. The molecule has 1 atom stereocenters. The number of ether oxygens (including phenoxy) is 1. The predicted molar refractivity (Wildman–Crippen MR) is 90.4 cm³/mol. The largest absolute Gasteiger partial charge is 0.491 e. The van der Waals surface area contributed by atoms with Crippen LogP contribution in [0, 0.1) is 0 Å². The minimum absolute atomic E-state index is 0.102. The summed E-state index contributed by atoms with van der Waals surface area (Å²) in [4.78, 5) is 0. The van der Waals surface area contributed by atoms with E-state index in [0.29, 0.717) is 6.04 Å². The van der Waals surface area contributed by atoms with Crippen LogP contribution in [0.2, 0.25) is 0 Å². The molecule has 1 heterocycles. The lowest BCUT2D eigenvalue weighted by atomic mass is 9.78. The highest BCUT2D eigenvalue weighted by atomic mass is 16.5. The van der Waals surface area contributed by atoms with E-state index in [4.69, 9.17) is 4.74 Å². The molecule has 1 aliphatic heterocycles. The van der Waals surface area contributed by atoms with Crippen LogP contribution in [-0.2, 0) is 10.8 Å². The van der Waals surface area contributed by atoms with Gasteiger partial charge in [0.1, 0.15) is 12.4 Å². The second kappa shape index (κ2) is 5.64. The highest BCUT2D eigenvalue weighted by Crippen LogP contribution is 2.43. The first kappa shape index (κ1) is 16.4. The van der Waals surface area contributed by atoms with Crippen molar-refractivity contribution in [2.45, 2.75) is 71.8 Å². The van der Waals surface area contributed by atoms with Gasteiger partial charge in [-0.25, -0.2) is 0 Å². The molecule has 0 saturated heterocycles. The zero-order chi connectivity index (χ0) is 15.8. The molecule has 0 spiro atoms. The van der Waals surface area contributed by atoms with Gasteiger partial charge in [0.25, 0.3) is 0 Å². The molecule has 1 aromatic carbocycles. The summed E-state index contributed by atoms with van der Waals surface area (Å²) in [7, 11) is 0. The van der Waals surface area contributed by atoms with Crippen LogP contribution in [0.25, 0.3) is 0 Å². The lowest BCUT2D eigenvalue weighted by Crippen LogP contribution is -2.23. The van der Waals surface area contributed by atoms with Crippen molar-refractivity contribution in [3.8, 4) is 5.75 Å². The molecule has 0 aliphatic carbocycles. The first-order valence-corrected chi connectivity index (χ1v) is 8.19. The minimum Gasteiger partial charge on any atom is -0.491 e. The summed E-state index contributed by atoms with van der Waals surface area (Å²) < 4.78 is 6.07. The average molecular weight is 289 g/mol. The maximum absolute atomic E-state index is 6.07. The summed E-state index contributed by atoms with van der Waals surface area (Å²) >= 11 is 0. The third-order valence-electron chi connectivity index (χ3n) is 4.20. The molecule has 2 nitrogen and oxygen atoms in total. The van der Waals surface area contributed by atoms with E-state index in [0.717, 1.165) is 25.3 Å². The van der Waals surface area contributed by atoms with E-state index in [2.05, 4.69) is 65.9 Å².